The Morgan fingerprint density at radius 2 is 1.87 bits per heavy atom. The number of thioether (sulfide) groups is 1. The van der Waals surface area contributed by atoms with Crippen LogP contribution in [-0.4, -0.2) is 48.2 Å². The fraction of sp³-hybridized carbons (Fsp3) is 0.400. The number of aromatic nitrogens is 2. The summed E-state index contributed by atoms with van der Waals surface area (Å²) in [5.41, 5.74) is 1.64. The summed E-state index contributed by atoms with van der Waals surface area (Å²) in [7, 11) is 4.43. The summed E-state index contributed by atoms with van der Waals surface area (Å²) in [4.78, 5) is 30.6. The zero-order valence-corrected chi connectivity index (χ0v) is 18.3. The van der Waals surface area contributed by atoms with Crippen LogP contribution in [0.3, 0.4) is 0 Å². The summed E-state index contributed by atoms with van der Waals surface area (Å²) in [6.07, 6.45) is 2.45. The number of unbranched alkanes of at least 4 members (excludes halogenated alkanes) is 2. The van der Waals surface area contributed by atoms with E-state index in [0.29, 0.717) is 40.1 Å². The highest BCUT2D eigenvalue weighted by atomic mass is 32.2. The summed E-state index contributed by atoms with van der Waals surface area (Å²) < 4.78 is 16.0. The molecule has 0 spiro atoms. The minimum atomic E-state index is -0.539. The number of hydrogen-bond donors (Lipinski definition) is 3. The van der Waals surface area contributed by atoms with Crippen molar-refractivity contribution in [1.29, 1.82) is 5.26 Å². The number of benzene rings is 1. The van der Waals surface area contributed by atoms with E-state index in [-0.39, 0.29) is 17.7 Å². The molecule has 11 heteroatoms. The number of carbonyl (C=O) groups excluding carboxylic acids is 1. The van der Waals surface area contributed by atoms with Crippen molar-refractivity contribution in [2.75, 3.05) is 27.1 Å². The molecule has 0 aliphatic rings. The zero-order valence-electron chi connectivity index (χ0n) is 17.5. The lowest BCUT2D eigenvalue weighted by atomic mass is 10.1. The van der Waals surface area contributed by atoms with Crippen LogP contribution in [0.25, 0.3) is 11.3 Å². The van der Waals surface area contributed by atoms with Crippen molar-refractivity contribution in [3.8, 4) is 34.6 Å². The fourth-order valence-electron chi connectivity index (χ4n) is 2.84. The number of nitriles is 1. The van der Waals surface area contributed by atoms with Gasteiger partial charge >= 0.3 is 0 Å². The van der Waals surface area contributed by atoms with Crippen molar-refractivity contribution in [3.05, 3.63) is 28.0 Å². The van der Waals surface area contributed by atoms with Gasteiger partial charge in [0.25, 0.3) is 5.56 Å². The first kappa shape index (κ1) is 24.0. The number of aromatic amines is 1. The normalized spacial score (nSPS) is 10.3. The van der Waals surface area contributed by atoms with Gasteiger partial charge in [-0.3, -0.25) is 14.8 Å². The fourth-order valence-corrected chi connectivity index (χ4v) is 3.70. The third-order valence-corrected chi connectivity index (χ3v) is 5.32. The molecule has 0 atom stereocenters. The van der Waals surface area contributed by atoms with Crippen LogP contribution in [0, 0.1) is 11.3 Å². The van der Waals surface area contributed by atoms with E-state index in [1.54, 1.807) is 17.6 Å². The first-order valence-corrected chi connectivity index (χ1v) is 10.4. The maximum atomic E-state index is 12.5. The number of hydroxylamine groups is 1. The minimum absolute atomic E-state index is 0.117. The molecule has 3 N–H and O–H groups in total. The average Bonchev–Trinajstić information content (AvgIpc) is 2.79. The molecule has 0 saturated heterocycles. The number of H-pyrrole nitrogens is 1. The Morgan fingerprint density at radius 1 is 1.19 bits per heavy atom. The minimum Gasteiger partial charge on any atom is -0.493 e. The van der Waals surface area contributed by atoms with Crippen molar-refractivity contribution in [1.82, 2.24) is 15.4 Å². The number of methoxy groups -OCH3 is 3. The van der Waals surface area contributed by atoms with E-state index < -0.39 is 11.5 Å². The van der Waals surface area contributed by atoms with Gasteiger partial charge in [0.15, 0.2) is 16.7 Å². The van der Waals surface area contributed by atoms with Crippen LogP contribution >= 0.6 is 11.8 Å². The van der Waals surface area contributed by atoms with Crippen molar-refractivity contribution in [2.24, 2.45) is 0 Å². The molecule has 1 amide bonds. The average molecular weight is 449 g/mol. The van der Waals surface area contributed by atoms with Crippen molar-refractivity contribution >= 4 is 17.7 Å². The Bertz CT molecular complexity index is 993. The van der Waals surface area contributed by atoms with E-state index in [2.05, 4.69) is 9.97 Å². The molecule has 0 saturated carbocycles. The molecule has 1 aromatic carbocycles. The third kappa shape index (κ3) is 6.13. The van der Waals surface area contributed by atoms with E-state index in [1.807, 2.05) is 6.07 Å². The van der Waals surface area contributed by atoms with E-state index in [9.17, 15) is 14.9 Å². The van der Waals surface area contributed by atoms with Gasteiger partial charge in [-0.2, -0.15) is 5.26 Å². The summed E-state index contributed by atoms with van der Waals surface area (Å²) >= 11 is 1.34. The summed E-state index contributed by atoms with van der Waals surface area (Å²) in [6, 6.07) is 5.17. The highest BCUT2D eigenvalue weighted by molar-refractivity contribution is 7.99. The Hall–Kier alpha value is -3.23. The standard InChI is InChI=1S/C20H24N4O6S/c1-28-14-9-12(10-15(29-2)18(14)30-3)17-13(11-21)19(26)23-20(22-17)31-8-6-4-5-7-16(25)24-27/h9-10,27H,4-8H2,1-3H3,(H,24,25)(H,22,23,26). The van der Waals surface area contributed by atoms with E-state index >= 15 is 0 Å². The first-order chi connectivity index (χ1) is 15.0. The summed E-state index contributed by atoms with van der Waals surface area (Å²) in [6.45, 7) is 0. The van der Waals surface area contributed by atoms with Crippen LogP contribution in [0.2, 0.25) is 0 Å². The lowest BCUT2D eigenvalue weighted by Gasteiger charge is -2.14. The number of carbonyl (C=O) groups is 1. The van der Waals surface area contributed by atoms with Crippen LogP contribution in [0.1, 0.15) is 31.2 Å². The predicted octanol–water partition coefficient (Wildman–Crippen LogP) is 2.49. The van der Waals surface area contributed by atoms with Crippen LogP contribution in [0.15, 0.2) is 22.1 Å². The van der Waals surface area contributed by atoms with Gasteiger partial charge in [0.1, 0.15) is 11.6 Å². The van der Waals surface area contributed by atoms with Gasteiger partial charge in [-0.05, 0) is 25.0 Å². The van der Waals surface area contributed by atoms with Gasteiger partial charge in [0, 0.05) is 17.7 Å². The molecule has 0 unspecified atom stereocenters. The second-order valence-corrected chi connectivity index (χ2v) is 7.40. The molecule has 1 heterocycles. The molecule has 1 aromatic heterocycles. The van der Waals surface area contributed by atoms with E-state index in [1.165, 1.54) is 33.1 Å². The molecule has 2 rings (SSSR count). The number of ether oxygens (including phenoxy) is 3. The molecule has 0 fully saturated rings. The van der Waals surface area contributed by atoms with Crippen molar-refractivity contribution in [2.45, 2.75) is 30.8 Å². The topological polar surface area (TPSA) is 147 Å². The van der Waals surface area contributed by atoms with E-state index in [0.717, 1.165) is 12.8 Å². The van der Waals surface area contributed by atoms with E-state index in [4.69, 9.17) is 19.4 Å². The number of nitrogens with zero attached hydrogens (tertiary/aromatic N) is 2. The predicted molar refractivity (Wildman–Crippen MR) is 114 cm³/mol. The third-order valence-electron chi connectivity index (χ3n) is 4.36. The van der Waals surface area contributed by atoms with Gasteiger partial charge < -0.3 is 19.2 Å². The molecule has 10 nitrogen and oxygen atoms in total. The molecule has 31 heavy (non-hydrogen) atoms. The maximum absolute atomic E-state index is 12.5. The smallest absolute Gasteiger partial charge is 0.270 e. The highest BCUT2D eigenvalue weighted by Crippen LogP contribution is 2.41. The van der Waals surface area contributed by atoms with Crippen LogP contribution in [0.4, 0.5) is 0 Å². The van der Waals surface area contributed by atoms with Gasteiger partial charge in [-0.15, -0.1) is 0 Å². The van der Waals surface area contributed by atoms with Crippen LogP contribution in [0.5, 0.6) is 17.2 Å². The second-order valence-electron chi connectivity index (χ2n) is 6.31. The molecule has 0 aliphatic heterocycles. The lowest BCUT2D eigenvalue weighted by Crippen LogP contribution is -2.17. The highest BCUT2D eigenvalue weighted by Gasteiger charge is 2.19. The molecule has 0 radical (unpaired) electrons. The number of rotatable bonds is 11. The van der Waals surface area contributed by atoms with Gasteiger partial charge in [-0.1, -0.05) is 18.2 Å². The Labute approximate surface area is 183 Å². The van der Waals surface area contributed by atoms with Gasteiger partial charge in [-0.25, -0.2) is 10.5 Å². The lowest BCUT2D eigenvalue weighted by molar-refractivity contribution is -0.129. The molecule has 2 aromatic rings. The molecule has 166 valence electrons. The quantitative estimate of drug-likeness (QED) is 0.155. The zero-order chi connectivity index (χ0) is 22.8. The van der Waals surface area contributed by atoms with Gasteiger partial charge in [0.05, 0.1) is 27.0 Å². The monoisotopic (exact) mass is 448 g/mol. The van der Waals surface area contributed by atoms with Crippen molar-refractivity contribution in [3.63, 3.8) is 0 Å². The number of hydrogen-bond acceptors (Lipinski definition) is 9. The largest absolute Gasteiger partial charge is 0.493 e. The Balaban J connectivity index is 2.27. The summed E-state index contributed by atoms with van der Waals surface area (Å²) in [5.74, 6) is 1.39. The van der Waals surface area contributed by atoms with Crippen molar-refractivity contribution < 1.29 is 24.2 Å². The van der Waals surface area contributed by atoms with Crippen LogP contribution in [-0.2, 0) is 4.79 Å². The van der Waals surface area contributed by atoms with Crippen LogP contribution < -0.4 is 25.2 Å². The molecule has 0 bridgehead atoms. The SMILES string of the molecule is COc1cc(-c2nc(SCCCCCC(=O)NO)[nH]c(=O)c2C#N)cc(OC)c1OC. The Morgan fingerprint density at radius 3 is 2.42 bits per heavy atom. The molecule has 0 aliphatic carbocycles. The maximum Gasteiger partial charge on any atom is 0.270 e. The number of amides is 1. The molecular weight excluding hydrogens is 424 g/mol. The first-order valence-electron chi connectivity index (χ1n) is 9.39. The second kappa shape index (κ2) is 11.8. The number of nitrogens with one attached hydrogen (secondary N) is 2. The summed E-state index contributed by atoms with van der Waals surface area (Å²) in [5, 5.41) is 18.3. The Kier molecular flexibility index (Phi) is 9.17. The molecular formula is C20H24N4O6S. The van der Waals surface area contributed by atoms with Gasteiger partial charge in [0.2, 0.25) is 11.7 Å².